The zero-order chi connectivity index (χ0) is 20.5. The first kappa shape index (κ1) is 20.6. The van der Waals surface area contributed by atoms with Crippen LogP contribution < -0.4 is 9.75 Å². The van der Waals surface area contributed by atoms with Crippen LogP contribution in [0, 0.1) is 0 Å². The quantitative estimate of drug-likeness (QED) is 0.494. The number of benzene rings is 2. The molecule has 11 heteroatoms. The zero-order valence-electron chi connectivity index (χ0n) is 14.6. The fourth-order valence-electron chi connectivity index (χ4n) is 2.79. The molecule has 0 N–H and O–H groups in total. The molecule has 1 aliphatic rings. The zero-order valence-corrected chi connectivity index (χ0v) is 18.5. The van der Waals surface area contributed by atoms with Gasteiger partial charge in [0.25, 0.3) is 5.91 Å². The molecule has 0 saturated heterocycles. The summed E-state index contributed by atoms with van der Waals surface area (Å²) in [7, 11) is 0. The average Bonchev–Trinajstić information content (AvgIpc) is 3.09. The number of thioether (sulfide) groups is 1. The second kappa shape index (κ2) is 8.62. The highest BCUT2D eigenvalue weighted by atomic mass is 35.5. The Balaban J connectivity index is 1.61. The average molecular weight is 490 g/mol. The van der Waals surface area contributed by atoms with Gasteiger partial charge in [0.2, 0.25) is 5.16 Å². The Morgan fingerprint density at radius 2 is 1.79 bits per heavy atom. The summed E-state index contributed by atoms with van der Waals surface area (Å²) < 4.78 is 7.42. The number of hydrogen-bond acceptors (Lipinski definition) is 5. The maximum Gasteiger partial charge on any atom is 0.272 e. The van der Waals surface area contributed by atoms with Crippen molar-refractivity contribution < 1.29 is 9.53 Å². The normalized spacial score (nSPS) is 13.3. The van der Waals surface area contributed by atoms with Crippen molar-refractivity contribution in [1.29, 1.82) is 0 Å². The van der Waals surface area contributed by atoms with Gasteiger partial charge in [0, 0.05) is 26.4 Å². The summed E-state index contributed by atoms with van der Waals surface area (Å²) in [6.45, 7) is 0.530. The molecular weight excluding hydrogens is 478 g/mol. The van der Waals surface area contributed by atoms with Gasteiger partial charge in [-0.1, -0.05) is 58.2 Å². The van der Waals surface area contributed by atoms with Crippen molar-refractivity contribution in [2.75, 3.05) is 17.3 Å². The number of hydrogen-bond donors (Lipinski definition) is 0. The summed E-state index contributed by atoms with van der Waals surface area (Å²) in [6.07, 6.45) is 0. The molecule has 3 aromatic rings. The molecule has 0 radical (unpaired) electrons. The Labute approximate surface area is 190 Å². The van der Waals surface area contributed by atoms with E-state index in [0.717, 1.165) is 0 Å². The molecule has 0 aliphatic carbocycles. The molecule has 29 heavy (non-hydrogen) atoms. The first-order valence-electron chi connectivity index (χ1n) is 8.35. The summed E-state index contributed by atoms with van der Waals surface area (Å²) in [4.78, 5) is 13.1. The number of aromatic nitrogens is 3. The highest BCUT2D eigenvalue weighted by molar-refractivity contribution is 7.99. The molecule has 1 aliphatic heterocycles. The molecule has 0 atom stereocenters. The van der Waals surface area contributed by atoms with Crippen molar-refractivity contribution in [1.82, 2.24) is 14.9 Å². The number of carbonyl (C=O) groups excluding carboxylic acids is 1. The minimum atomic E-state index is -0.262. The van der Waals surface area contributed by atoms with E-state index in [9.17, 15) is 4.79 Å². The van der Waals surface area contributed by atoms with Crippen LogP contribution in [0.4, 0.5) is 0 Å². The van der Waals surface area contributed by atoms with Crippen LogP contribution in [0.15, 0.2) is 41.6 Å². The topological polar surface area (TPSA) is 60.3 Å². The van der Waals surface area contributed by atoms with Crippen LogP contribution in [0.5, 0.6) is 5.75 Å². The standard InChI is InChI=1S/C18H12Cl4N4O2S/c19-11-1-2-15(14(22)8-11)28-9-16-23-24-18-26(16)25(3-4-29-18)17(27)10-5-12(20)7-13(21)6-10/h1-2,5-8H,3-4,9H2. The highest BCUT2D eigenvalue weighted by Gasteiger charge is 2.28. The van der Waals surface area contributed by atoms with Gasteiger partial charge >= 0.3 is 0 Å². The van der Waals surface area contributed by atoms with Gasteiger partial charge in [-0.2, -0.15) is 0 Å². The molecule has 6 nitrogen and oxygen atoms in total. The number of rotatable bonds is 4. The molecule has 0 spiro atoms. The van der Waals surface area contributed by atoms with Gasteiger partial charge in [0.1, 0.15) is 12.4 Å². The van der Waals surface area contributed by atoms with Crippen LogP contribution in [0.2, 0.25) is 20.1 Å². The summed E-state index contributed by atoms with van der Waals surface area (Å²) in [5.74, 6) is 1.33. The Bertz CT molecular complexity index is 1070. The highest BCUT2D eigenvalue weighted by Crippen LogP contribution is 2.29. The molecule has 0 fully saturated rings. The molecule has 0 unspecified atom stereocenters. The number of halogens is 4. The number of fused-ring (bicyclic) bond motifs is 1. The smallest absolute Gasteiger partial charge is 0.272 e. The maximum absolute atomic E-state index is 13.1. The Kier molecular flexibility index (Phi) is 6.13. The number of nitrogens with zero attached hydrogens (tertiary/aromatic N) is 4. The van der Waals surface area contributed by atoms with E-state index in [1.165, 1.54) is 11.8 Å². The maximum atomic E-state index is 13.1. The van der Waals surface area contributed by atoms with Crippen molar-refractivity contribution >= 4 is 64.1 Å². The largest absolute Gasteiger partial charge is 0.484 e. The fourth-order valence-corrected chi connectivity index (χ4v) is 4.66. The van der Waals surface area contributed by atoms with Gasteiger partial charge in [0.05, 0.1) is 11.6 Å². The summed E-state index contributed by atoms with van der Waals surface area (Å²) >= 11 is 25.7. The van der Waals surface area contributed by atoms with Crippen molar-refractivity contribution in [3.8, 4) is 5.75 Å². The Morgan fingerprint density at radius 1 is 1.03 bits per heavy atom. The minimum absolute atomic E-state index is 0.0645. The first-order chi connectivity index (χ1) is 13.9. The lowest BCUT2D eigenvalue weighted by Crippen LogP contribution is -2.45. The third-order valence-electron chi connectivity index (χ3n) is 4.05. The van der Waals surface area contributed by atoms with E-state index in [4.69, 9.17) is 51.1 Å². The van der Waals surface area contributed by atoms with Crippen LogP contribution in [0.1, 0.15) is 16.2 Å². The van der Waals surface area contributed by atoms with Gasteiger partial charge in [-0.05, 0) is 36.4 Å². The molecule has 2 heterocycles. The fraction of sp³-hybridized carbons (Fsp3) is 0.167. The minimum Gasteiger partial charge on any atom is -0.484 e. The van der Waals surface area contributed by atoms with Crippen LogP contribution in [0.3, 0.4) is 0 Å². The van der Waals surface area contributed by atoms with Crippen molar-refractivity contribution in [2.24, 2.45) is 0 Å². The van der Waals surface area contributed by atoms with E-state index < -0.39 is 0 Å². The second-order valence-corrected chi connectivity index (χ2v) is 8.79. The predicted molar refractivity (Wildman–Crippen MR) is 115 cm³/mol. The van der Waals surface area contributed by atoms with Crippen LogP contribution >= 0.6 is 58.2 Å². The van der Waals surface area contributed by atoms with E-state index in [2.05, 4.69) is 10.2 Å². The lowest BCUT2D eigenvalue weighted by Gasteiger charge is -2.29. The van der Waals surface area contributed by atoms with Gasteiger partial charge in [0.15, 0.2) is 5.82 Å². The SMILES string of the molecule is O=C(c1cc(Cl)cc(Cl)c1)N1CCSc2nnc(COc3ccc(Cl)cc3Cl)n21. The number of carbonyl (C=O) groups is 1. The number of amides is 1. The summed E-state index contributed by atoms with van der Waals surface area (Å²) in [5, 5.41) is 12.1. The van der Waals surface area contributed by atoms with Gasteiger partial charge < -0.3 is 4.74 Å². The second-order valence-electron chi connectivity index (χ2n) is 6.01. The van der Waals surface area contributed by atoms with E-state index in [-0.39, 0.29) is 12.5 Å². The molecule has 1 amide bonds. The van der Waals surface area contributed by atoms with Crippen molar-refractivity contribution in [3.63, 3.8) is 0 Å². The van der Waals surface area contributed by atoms with E-state index in [1.807, 2.05) is 0 Å². The lowest BCUT2D eigenvalue weighted by molar-refractivity contribution is 0.0952. The summed E-state index contributed by atoms with van der Waals surface area (Å²) in [6, 6.07) is 9.66. The lowest BCUT2D eigenvalue weighted by atomic mass is 10.2. The van der Waals surface area contributed by atoms with E-state index >= 15 is 0 Å². The third-order valence-corrected chi connectivity index (χ3v) is 5.91. The molecule has 1 aromatic heterocycles. The molecule has 4 rings (SSSR count). The molecule has 2 aromatic carbocycles. The molecule has 0 saturated carbocycles. The van der Waals surface area contributed by atoms with Gasteiger partial charge in [-0.15, -0.1) is 10.2 Å². The first-order valence-corrected chi connectivity index (χ1v) is 10.9. The van der Waals surface area contributed by atoms with Crippen LogP contribution in [0.25, 0.3) is 0 Å². The molecular formula is C18H12Cl4N4O2S. The molecule has 150 valence electrons. The van der Waals surface area contributed by atoms with Crippen LogP contribution in [-0.2, 0) is 6.61 Å². The predicted octanol–water partition coefficient (Wildman–Crippen LogP) is 5.35. The van der Waals surface area contributed by atoms with E-state index in [1.54, 1.807) is 46.1 Å². The monoisotopic (exact) mass is 488 g/mol. The van der Waals surface area contributed by atoms with Gasteiger partial charge in [-0.3, -0.25) is 4.79 Å². The van der Waals surface area contributed by atoms with E-state index in [0.29, 0.717) is 54.7 Å². The summed E-state index contributed by atoms with van der Waals surface area (Å²) in [5.41, 5.74) is 0.377. The molecule has 0 bridgehead atoms. The van der Waals surface area contributed by atoms with Crippen LogP contribution in [-0.4, -0.2) is 33.1 Å². The Morgan fingerprint density at radius 3 is 2.52 bits per heavy atom. The Hall–Kier alpha value is -1.64. The van der Waals surface area contributed by atoms with Gasteiger partial charge in [-0.25, -0.2) is 9.69 Å². The van der Waals surface area contributed by atoms with Crippen molar-refractivity contribution in [2.45, 2.75) is 11.8 Å². The number of ether oxygens (including phenoxy) is 1. The van der Waals surface area contributed by atoms with Crippen molar-refractivity contribution in [3.05, 3.63) is 67.9 Å². The third kappa shape index (κ3) is 4.44.